The number of carbonyl (C=O) groups is 3. The van der Waals surface area contributed by atoms with E-state index in [2.05, 4.69) is 31.9 Å². The molecule has 0 aromatic heterocycles. The van der Waals surface area contributed by atoms with Crippen molar-refractivity contribution >= 4 is 34.8 Å². The number of rotatable bonds is 17. The number of anilines is 3. The molecule has 50 heavy (non-hydrogen) atoms. The first-order valence-electron chi connectivity index (χ1n) is 18.2. The van der Waals surface area contributed by atoms with E-state index in [0.717, 1.165) is 18.8 Å². The van der Waals surface area contributed by atoms with E-state index in [9.17, 15) is 14.7 Å². The maximum Gasteiger partial charge on any atom is 0.253 e. The zero-order valence-electron chi connectivity index (χ0n) is 30.3. The normalized spacial score (nSPS) is 25.6. The average molecular weight is 687 g/mol. The third-order valence-electron chi connectivity index (χ3n) is 11.1. The van der Waals surface area contributed by atoms with E-state index in [1.807, 2.05) is 69.3 Å². The molecule has 10 heteroatoms. The summed E-state index contributed by atoms with van der Waals surface area (Å²) in [5, 5.41) is 10.6. The number of carbonyl (C=O) groups excluding carboxylic acids is 3. The molecule has 2 aromatic rings. The van der Waals surface area contributed by atoms with Crippen LogP contribution in [0.25, 0.3) is 0 Å². The van der Waals surface area contributed by atoms with Crippen LogP contribution in [0.3, 0.4) is 0 Å². The van der Waals surface area contributed by atoms with Gasteiger partial charge >= 0.3 is 0 Å². The summed E-state index contributed by atoms with van der Waals surface area (Å²) in [6.07, 6.45) is 5.25. The van der Waals surface area contributed by atoms with Crippen LogP contribution < -0.4 is 19.4 Å². The summed E-state index contributed by atoms with van der Waals surface area (Å²) in [6.45, 7) is 20.2. The second-order valence-electron chi connectivity index (χ2n) is 13.4. The Hall–Kier alpha value is -4.15. The molecule has 3 aliphatic rings. The van der Waals surface area contributed by atoms with E-state index in [0.29, 0.717) is 49.4 Å². The van der Waals surface area contributed by atoms with E-state index in [-0.39, 0.29) is 37.4 Å². The highest BCUT2D eigenvalue weighted by molar-refractivity contribution is 6.07. The van der Waals surface area contributed by atoms with Crippen LogP contribution >= 0.6 is 0 Å². The van der Waals surface area contributed by atoms with Crippen molar-refractivity contribution in [1.82, 2.24) is 4.90 Å². The molecule has 10 nitrogen and oxygen atoms in total. The fourth-order valence-corrected chi connectivity index (χ4v) is 8.66. The zero-order chi connectivity index (χ0) is 36.2. The fourth-order valence-electron chi connectivity index (χ4n) is 8.66. The van der Waals surface area contributed by atoms with Gasteiger partial charge in [0.15, 0.2) is 0 Å². The molecular formula is C40H54N4O6. The lowest BCUT2D eigenvalue weighted by molar-refractivity contribution is -0.149. The minimum Gasteiger partial charge on any atom is -0.494 e. The van der Waals surface area contributed by atoms with Crippen LogP contribution in [0.1, 0.15) is 60.3 Å². The summed E-state index contributed by atoms with van der Waals surface area (Å²) < 4.78 is 12.7. The third-order valence-corrected chi connectivity index (χ3v) is 11.1. The molecule has 3 saturated heterocycles. The summed E-state index contributed by atoms with van der Waals surface area (Å²) in [6, 6.07) is 13.5. The molecule has 3 aliphatic heterocycles. The van der Waals surface area contributed by atoms with Crippen molar-refractivity contribution in [1.29, 1.82) is 0 Å². The Morgan fingerprint density at radius 2 is 1.48 bits per heavy atom. The molecule has 0 aliphatic carbocycles. The molecular weight excluding hydrogens is 632 g/mol. The topological polar surface area (TPSA) is 103 Å². The quantitative estimate of drug-likeness (QED) is 0.216. The van der Waals surface area contributed by atoms with Crippen molar-refractivity contribution in [2.45, 2.75) is 83.6 Å². The van der Waals surface area contributed by atoms with Gasteiger partial charge in [0.05, 0.1) is 36.7 Å². The number of nitrogens with zero attached hydrogens (tertiary/aromatic N) is 4. The smallest absolute Gasteiger partial charge is 0.253 e. The first kappa shape index (κ1) is 37.1. The molecule has 2 unspecified atom stereocenters. The SMILES string of the molecule is C=CCN(C(=O)C1N([C@@H](CC)CO)C(=O)[C@@H]2[C@H](C(=O)N(CC=C)c3ccc(OCC)cc3)[C@]3(CC)CCC12O3)c1ccc(N(CC)CC)cc1. The largest absolute Gasteiger partial charge is 0.494 e. The van der Waals surface area contributed by atoms with Crippen LogP contribution in [-0.2, 0) is 19.1 Å². The lowest BCUT2D eigenvalue weighted by Crippen LogP contribution is -2.59. The molecule has 2 bridgehead atoms. The Morgan fingerprint density at radius 1 is 0.920 bits per heavy atom. The molecule has 2 aromatic carbocycles. The van der Waals surface area contributed by atoms with Crippen molar-refractivity contribution in [3.8, 4) is 5.75 Å². The van der Waals surface area contributed by atoms with Gasteiger partial charge in [-0.05, 0) is 95.0 Å². The Bertz CT molecular complexity index is 1540. The molecule has 270 valence electrons. The second kappa shape index (κ2) is 15.4. The van der Waals surface area contributed by atoms with E-state index in [1.54, 1.807) is 26.9 Å². The summed E-state index contributed by atoms with van der Waals surface area (Å²) >= 11 is 0. The number of hydrogen-bond donors (Lipinski definition) is 1. The van der Waals surface area contributed by atoms with Crippen molar-refractivity contribution < 1.29 is 29.0 Å². The maximum absolute atomic E-state index is 15.1. The van der Waals surface area contributed by atoms with Gasteiger partial charge in [0.2, 0.25) is 11.8 Å². The standard InChI is InChI=1S/C40H54N4O6/c1-8-25-42(31-19-21-32(22-20-31)49-14-7)36(46)33-34-37(47)44(28(10-3)27-45)35(40(34)24-23-39(33,11-4)50-40)38(48)43(26-9-2)30-17-15-29(16-18-30)41(12-5)13-6/h8-9,15-22,28,33-35,45H,1-2,10-14,23-27H2,3-7H3/t28-,33+,34-,35?,39-,40?/m0/s1. The summed E-state index contributed by atoms with van der Waals surface area (Å²) in [7, 11) is 0. The van der Waals surface area contributed by atoms with Gasteiger partial charge in [-0.1, -0.05) is 26.0 Å². The number of ether oxygens (including phenoxy) is 2. The van der Waals surface area contributed by atoms with Crippen molar-refractivity contribution in [3.63, 3.8) is 0 Å². The van der Waals surface area contributed by atoms with Crippen LogP contribution in [0.15, 0.2) is 73.8 Å². The van der Waals surface area contributed by atoms with E-state index >= 15 is 4.79 Å². The van der Waals surface area contributed by atoms with Crippen molar-refractivity contribution in [2.24, 2.45) is 11.8 Å². The number of amides is 3. The van der Waals surface area contributed by atoms with Crippen molar-refractivity contribution in [2.75, 3.05) is 54.1 Å². The molecule has 1 N–H and O–H groups in total. The van der Waals surface area contributed by atoms with E-state index in [4.69, 9.17) is 9.47 Å². The highest BCUT2D eigenvalue weighted by atomic mass is 16.5. The van der Waals surface area contributed by atoms with Gasteiger partial charge in [0.25, 0.3) is 5.91 Å². The van der Waals surface area contributed by atoms with Crippen LogP contribution in [0.4, 0.5) is 17.1 Å². The van der Waals surface area contributed by atoms with Crippen LogP contribution in [-0.4, -0.2) is 90.4 Å². The van der Waals surface area contributed by atoms with Gasteiger partial charge in [0.1, 0.15) is 17.4 Å². The molecule has 0 saturated carbocycles. The minimum absolute atomic E-state index is 0.213. The molecule has 3 heterocycles. The Labute approximate surface area is 297 Å². The van der Waals surface area contributed by atoms with Gasteiger partial charge in [-0.2, -0.15) is 0 Å². The van der Waals surface area contributed by atoms with Crippen molar-refractivity contribution in [3.05, 3.63) is 73.8 Å². The number of fused-ring (bicyclic) bond motifs is 1. The Morgan fingerprint density at radius 3 is 1.98 bits per heavy atom. The zero-order valence-corrected chi connectivity index (χ0v) is 30.3. The molecule has 0 radical (unpaired) electrons. The molecule has 3 amide bonds. The van der Waals surface area contributed by atoms with E-state index < -0.39 is 35.1 Å². The van der Waals surface area contributed by atoms with Gasteiger partial charge in [-0.25, -0.2) is 0 Å². The number of aliphatic hydroxyl groups excluding tert-OH is 1. The number of aliphatic hydroxyl groups is 1. The van der Waals surface area contributed by atoms with Crippen LogP contribution in [0.5, 0.6) is 5.75 Å². The van der Waals surface area contributed by atoms with Crippen LogP contribution in [0.2, 0.25) is 0 Å². The highest BCUT2D eigenvalue weighted by Crippen LogP contribution is 2.65. The first-order valence-corrected chi connectivity index (χ1v) is 18.2. The molecule has 6 atom stereocenters. The fraction of sp³-hybridized carbons (Fsp3) is 0.525. The summed E-state index contributed by atoms with van der Waals surface area (Å²) in [5.74, 6) is -1.91. The van der Waals surface area contributed by atoms with Gasteiger partial charge in [0, 0.05) is 43.2 Å². The minimum atomic E-state index is -1.24. The molecule has 3 fully saturated rings. The average Bonchev–Trinajstić information content (AvgIpc) is 3.75. The lowest BCUT2D eigenvalue weighted by Gasteiger charge is -2.39. The van der Waals surface area contributed by atoms with Gasteiger partial charge < -0.3 is 34.2 Å². The highest BCUT2D eigenvalue weighted by Gasteiger charge is 2.79. The predicted octanol–water partition coefficient (Wildman–Crippen LogP) is 5.60. The summed E-state index contributed by atoms with van der Waals surface area (Å²) in [4.78, 5) is 52.0. The lowest BCUT2D eigenvalue weighted by atomic mass is 9.64. The maximum atomic E-state index is 15.1. The van der Waals surface area contributed by atoms with Gasteiger partial charge in [-0.3, -0.25) is 14.4 Å². The monoisotopic (exact) mass is 686 g/mol. The van der Waals surface area contributed by atoms with E-state index in [1.165, 1.54) is 0 Å². The van der Waals surface area contributed by atoms with Crippen LogP contribution in [0, 0.1) is 11.8 Å². The summed E-state index contributed by atoms with van der Waals surface area (Å²) in [5.41, 5.74) is 0.207. The Kier molecular flexibility index (Phi) is 11.4. The Balaban J connectivity index is 1.59. The molecule has 5 rings (SSSR count). The number of hydrogen-bond acceptors (Lipinski definition) is 7. The number of likely N-dealkylation sites (tertiary alicyclic amines) is 1. The predicted molar refractivity (Wildman–Crippen MR) is 198 cm³/mol. The second-order valence-corrected chi connectivity index (χ2v) is 13.4. The molecule has 1 spiro atoms. The van der Waals surface area contributed by atoms with Gasteiger partial charge in [-0.15, -0.1) is 13.2 Å². The number of benzene rings is 2. The first-order chi connectivity index (χ1) is 24.1. The third kappa shape index (κ3) is 6.10.